The monoisotopic (exact) mass is 249 g/mol. The Balaban J connectivity index is 2.82. The van der Waals surface area contributed by atoms with Gasteiger partial charge < -0.3 is 10.8 Å². The molecular weight excluding hydrogens is 238 g/mol. The Morgan fingerprint density at radius 3 is 2.76 bits per heavy atom. The van der Waals surface area contributed by atoms with Crippen LogP contribution < -0.4 is 5.73 Å². The minimum atomic E-state index is -1.08. The van der Waals surface area contributed by atoms with Gasteiger partial charge >= 0.3 is 5.97 Å². The largest absolute Gasteiger partial charge is 0.478 e. The van der Waals surface area contributed by atoms with E-state index >= 15 is 0 Å². The highest BCUT2D eigenvalue weighted by molar-refractivity contribution is 8.13. The standard InChI is InChI=1S/C12H11NO3S/c1-8(14)17-6-2-3-9-4-5-11(13)10(7-9)12(15)16/h4-5,7H,6,13H2,1H3,(H,15,16). The van der Waals surface area contributed by atoms with Crippen molar-refractivity contribution in [2.75, 3.05) is 11.5 Å². The van der Waals surface area contributed by atoms with Crippen molar-refractivity contribution in [3.05, 3.63) is 29.3 Å². The highest BCUT2D eigenvalue weighted by Crippen LogP contribution is 2.13. The van der Waals surface area contributed by atoms with Crippen LogP contribution >= 0.6 is 11.8 Å². The molecule has 1 aromatic rings. The molecule has 0 amide bonds. The third-order valence-electron chi connectivity index (χ3n) is 1.86. The quantitative estimate of drug-likeness (QED) is 0.614. The van der Waals surface area contributed by atoms with E-state index in [9.17, 15) is 9.59 Å². The van der Waals surface area contributed by atoms with Crippen molar-refractivity contribution in [3.63, 3.8) is 0 Å². The van der Waals surface area contributed by atoms with Gasteiger partial charge in [0, 0.05) is 18.2 Å². The molecule has 0 radical (unpaired) electrons. The van der Waals surface area contributed by atoms with Gasteiger partial charge in [-0.15, -0.1) is 0 Å². The SMILES string of the molecule is CC(=O)SCC#Cc1ccc(N)c(C(=O)O)c1. The molecule has 0 aliphatic carbocycles. The van der Waals surface area contributed by atoms with Gasteiger partial charge in [-0.3, -0.25) is 4.79 Å². The van der Waals surface area contributed by atoms with Crippen LogP contribution in [-0.4, -0.2) is 21.9 Å². The highest BCUT2D eigenvalue weighted by Gasteiger charge is 2.07. The van der Waals surface area contributed by atoms with E-state index in [-0.39, 0.29) is 16.4 Å². The Morgan fingerprint density at radius 2 is 2.18 bits per heavy atom. The van der Waals surface area contributed by atoms with E-state index in [1.54, 1.807) is 6.07 Å². The van der Waals surface area contributed by atoms with Gasteiger partial charge in [0.1, 0.15) is 0 Å². The lowest BCUT2D eigenvalue weighted by molar-refractivity contribution is -0.109. The van der Waals surface area contributed by atoms with Crippen molar-refractivity contribution in [1.82, 2.24) is 0 Å². The van der Waals surface area contributed by atoms with Gasteiger partial charge in [0.15, 0.2) is 5.12 Å². The fourth-order valence-electron chi connectivity index (χ4n) is 1.10. The minimum absolute atomic E-state index is 0.00262. The summed E-state index contributed by atoms with van der Waals surface area (Å²) in [5.41, 5.74) is 6.32. The maximum atomic E-state index is 10.8. The molecule has 0 aliphatic heterocycles. The van der Waals surface area contributed by atoms with E-state index in [1.807, 2.05) is 0 Å². The second-order valence-corrected chi connectivity index (χ2v) is 4.34. The maximum Gasteiger partial charge on any atom is 0.337 e. The number of aromatic carboxylic acids is 1. The molecule has 1 aromatic carbocycles. The molecule has 1 rings (SSSR count). The summed E-state index contributed by atoms with van der Waals surface area (Å²) in [4.78, 5) is 21.5. The number of carbonyl (C=O) groups is 2. The summed E-state index contributed by atoms with van der Waals surface area (Å²) in [6.45, 7) is 1.47. The number of carboxylic acid groups (broad SMARTS) is 1. The van der Waals surface area contributed by atoms with Crippen molar-refractivity contribution in [3.8, 4) is 11.8 Å². The average Bonchev–Trinajstić information content (AvgIpc) is 2.25. The molecule has 0 bridgehead atoms. The minimum Gasteiger partial charge on any atom is -0.478 e. The van der Waals surface area contributed by atoms with Gasteiger partial charge in [-0.25, -0.2) is 4.79 Å². The first-order valence-electron chi connectivity index (χ1n) is 4.75. The number of nitrogens with two attached hydrogens (primary N) is 1. The summed E-state index contributed by atoms with van der Waals surface area (Å²) in [7, 11) is 0. The lowest BCUT2D eigenvalue weighted by Crippen LogP contribution is -2.02. The van der Waals surface area contributed by atoms with E-state index in [0.717, 1.165) is 11.8 Å². The zero-order valence-electron chi connectivity index (χ0n) is 9.19. The molecule has 0 aromatic heterocycles. The molecule has 17 heavy (non-hydrogen) atoms. The smallest absolute Gasteiger partial charge is 0.337 e. The van der Waals surface area contributed by atoms with Crippen LogP contribution in [0.3, 0.4) is 0 Å². The van der Waals surface area contributed by atoms with E-state index in [2.05, 4.69) is 11.8 Å². The van der Waals surface area contributed by atoms with Gasteiger partial charge in [-0.2, -0.15) is 0 Å². The predicted molar refractivity (Wildman–Crippen MR) is 67.8 cm³/mol. The summed E-state index contributed by atoms with van der Waals surface area (Å²) >= 11 is 1.11. The number of benzene rings is 1. The number of thioether (sulfide) groups is 1. The zero-order chi connectivity index (χ0) is 12.8. The summed E-state index contributed by atoms with van der Waals surface area (Å²) in [6, 6.07) is 4.57. The molecule has 0 saturated heterocycles. The predicted octanol–water partition coefficient (Wildman–Crippen LogP) is 1.60. The molecule has 0 heterocycles. The number of carbonyl (C=O) groups excluding carboxylic acids is 1. The topological polar surface area (TPSA) is 80.4 Å². The van der Waals surface area contributed by atoms with Crippen LogP contribution in [0.2, 0.25) is 0 Å². The van der Waals surface area contributed by atoms with Gasteiger partial charge in [0.2, 0.25) is 0 Å². The Hall–Kier alpha value is -1.93. The van der Waals surface area contributed by atoms with Crippen molar-refractivity contribution >= 4 is 28.5 Å². The number of rotatable bonds is 2. The van der Waals surface area contributed by atoms with Crippen molar-refractivity contribution in [2.45, 2.75) is 6.92 Å². The number of hydrogen-bond acceptors (Lipinski definition) is 4. The summed E-state index contributed by atoms with van der Waals surface area (Å²) in [5, 5.41) is 8.86. The Bertz CT molecular complexity index is 514. The Labute approximate surface area is 103 Å². The normalized spacial score (nSPS) is 9.24. The van der Waals surface area contributed by atoms with Gasteiger partial charge in [-0.1, -0.05) is 23.6 Å². The molecule has 3 N–H and O–H groups in total. The summed E-state index contributed by atoms with van der Waals surface area (Å²) < 4.78 is 0. The molecule has 0 atom stereocenters. The van der Waals surface area contributed by atoms with Crippen LogP contribution in [-0.2, 0) is 4.79 Å². The molecule has 0 unspecified atom stereocenters. The fraction of sp³-hybridized carbons (Fsp3) is 0.167. The first-order valence-corrected chi connectivity index (χ1v) is 5.74. The molecular formula is C12H11NO3S. The molecule has 0 aliphatic rings. The maximum absolute atomic E-state index is 10.8. The average molecular weight is 249 g/mol. The second kappa shape index (κ2) is 5.97. The number of nitrogen functional groups attached to an aromatic ring is 1. The highest BCUT2D eigenvalue weighted by atomic mass is 32.2. The second-order valence-electron chi connectivity index (χ2n) is 3.19. The van der Waals surface area contributed by atoms with Crippen LogP contribution in [0.1, 0.15) is 22.8 Å². The van der Waals surface area contributed by atoms with Crippen molar-refractivity contribution in [2.24, 2.45) is 0 Å². The van der Waals surface area contributed by atoms with Crippen LogP contribution in [0.25, 0.3) is 0 Å². The molecule has 88 valence electrons. The first kappa shape index (κ1) is 13.1. The van der Waals surface area contributed by atoms with E-state index in [0.29, 0.717) is 11.3 Å². The number of carboxylic acids is 1. The molecule has 4 nitrogen and oxygen atoms in total. The summed E-state index contributed by atoms with van der Waals surface area (Å²) in [5.74, 6) is 4.87. The van der Waals surface area contributed by atoms with Crippen LogP contribution in [0.4, 0.5) is 5.69 Å². The fourth-order valence-corrected chi connectivity index (χ4v) is 1.44. The zero-order valence-corrected chi connectivity index (χ0v) is 10.0. The van der Waals surface area contributed by atoms with Crippen molar-refractivity contribution < 1.29 is 14.7 Å². The lowest BCUT2D eigenvalue weighted by atomic mass is 10.1. The van der Waals surface area contributed by atoms with E-state index < -0.39 is 5.97 Å². The van der Waals surface area contributed by atoms with Crippen LogP contribution in [0.15, 0.2) is 18.2 Å². The van der Waals surface area contributed by atoms with Crippen molar-refractivity contribution in [1.29, 1.82) is 0 Å². The molecule has 5 heteroatoms. The third kappa shape index (κ3) is 4.21. The Morgan fingerprint density at radius 1 is 1.47 bits per heavy atom. The molecule has 0 saturated carbocycles. The van der Waals surface area contributed by atoms with Gasteiger partial charge in [0.05, 0.1) is 11.3 Å². The Kier molecular flexibility index (Phi) is 4.61. The first-order chi connectivity index (χ1) is 8.00. The summed E-state index contributed by atoms with van der Waals surface area (Å²) in [6.07, 6.45) is 0. The molecule has 0 fully saturated rings. The van der Waals surface area contributed by atoms with Crippen LogP contribution in [0, 0.1) is 11.8 Å². The van der Waals surface area contributed by atoms with E-state index in [4.69, 9.17) is 10.8 Å². The van der Waals surface area contributed by atoms with Gasteiger partial charge in [0.25, 0.3) is 0 Å². The lowest BCUT2D eigenvalue weighted by Gasteiger charge is -2.00. The van der Waals surface area contributed by atoms with E-state index in [1.165, 1.54) is 19.1 Å². The number of anilines is 1. The van der Waals surface area contributed by atoms with Gasteiger partial charge in [-0.05, 0) is 18.2 Å². The third-order valence-corrected chi connectivity index (χ3v) is 2.56. The number of hydrogen-bond donors (Lipinski definition) is 2. The molecule has 0 spiro atoms. The van der Waals surface area contributed by atoms with Crippen LogP contribution in [0.5, 0.6) is 0 Å².